The molecule has 0 radical (unpaired) electrons. The number of aromatic nitrogens is 2. The van der Waals surface area contributed by atoms with Crippen LogP contribution in [-0.2, 0) is 6.42 Å². The third kappa shape index (κ3) is 2.32. The first kappa shape index (κ1) is 13.1. The second kappa shape index (κ2) is 5.25. The molecule has 0 atom stereocenters. The van der Waals surface area contributed by atoms with Crippen molar-refractivity contribution in [3.63, 3.8) is 0 Å². The minimum absolute atomic E-state index is 0.343. The Hall–Kier alpha value is -2.87. The fourth-order valence-corrected chi connectivity index (χ4v) is 2.34. The molecule has 5 heteroatoms. The maximum Gasteiger partial charge on any atom is 0.148 e. The highest BCUT2D eigenvalue weighted by Crippen LogP contribution is 2.23. The molecule has 0 unspecified atom stereocenters. The fraction of sp³-hybridized carbons (Fsp3) is 0.125. The number of nitrogens with zero attached hydrogens (tertiary/aromatic N) is 3. The van der Waals surface area contributed by atoms with Crippen molar-refractivity contribution in [1.82, 2.24) is 9.38 Å². The summed E-state index contributed by atoms with van der Waals surface area (Å²) in [5, 5.41) is 9.34. The normalized spacial score (nSPS) is 10.5. The van der Waals surface area contributed by atoms with Crippen LogP contribution in [0.3, 0.4) is 0 Å². The third-order valence-corrected chi connectivity index (χ3v) is 3.31. The Labute approximate surface area is 121 Å². The van der Waals surface area contributed by atoms with E-state index in [1.54, 1.807) is 13.2 Å². The molecule has 0 N–H and O–H groups in total. The summed E-state index contributed by atoms with van der Waals surface area (Å²) in [5.41, 5.74) is 2.43. The van der Waals surface area contributed by atoms with Gasteiger partial charge in [0.1, 0.15) is 29.0 Å². The van der Waals surface area contributed by atoms with Gasteiger partial charge in [0.25, 0.3) is 0 Å². The van der Waals surface area contributed by atoms with E-state index in [1.165, 1.54) is 16.7 Å². The molecule has 104 valence electrons. The van der Waals surface area contributed by atoms with Crippen LogP contribution < -0.4 is 4.74 Å². The van der Waals surface area contributed by atoms with Gasteiger partial charge < -0.3 is 4.74 Å². The number of ether oxygens (including phenoxy) is 1. The predicted octanol–water partition coefficient (Wildman–Crippen LogP) is 2.94. The Morgan fingerprint density at radius 3 is 2.86 bits per heavy atom. The first-order valence-electron chi connectivity index (χ1n) is 6.41. The number of rotatable bonds is 3. The standard InChI is InChI=1S/C16H12FN3O/c1-21-15-5-3-2-4-11(15)8-13-14(9-18)20-10-12(17)6-7-16(20)19-13/h2-7,10H,8H2,1H3. The number of para-hydroxylation sites is 1. The number of hydrogen-bond donors (Lipinski definition) is 0. The van der Waals surface area contributed by atoms with Crippen molar-refractivity contribution in [3.05, 3.63) is 65.4 Å². The highest BCUT2D eigenvalue weighted by Gasteiger charge is 2.14. The molecule has 21 heavy (non-hydrogen) atoms. The molecule has 0 fully saturated rings. The Morgan fingerprint density at radius 2 is 2.10 bits per heavy atom. The molecule has 0 aliphatic carbocycles. The summed E-state index contributed by atoms with van der Waals surface area (Å²) in [7, 11) is 1.60. The minimum Gasteiger partial charge on any atom is -0.496 e. The molecule has 4 nitrogen and oxygen atoms in total. The van der Waals surface area contributed by atoms with Crippen molar-refractivity contribution >= 4 is 5.65 Å². The first-order chi connectivity index (χ1) is 10.2. The van der Waals surface area contributed by atoms with Crippen LogP contribution in [0, 0.1) is 17.1 Å². The van der Waals surface area contributed by atoms with Crippen LogP contribution >= 0.6 is 0 Å². The Kier molecular flexibility index (Phi) is 3.28. The third-order valence-electron chi connectivity index (χ3n) is 3.31. The number of nitriles is 1. The fourth-order valence-electron chi connectivity index (χ4n) is 2.34. The SMILES string of the molecule is COc1ccccc1Cc1nc2ccc(F)cn2c1C#N. The highest BCUT2D eigenvalue weighted by atomic mass is 19.1. The summed E-state index contributed by atoms with van der Waals surface area (Å²) in [6.45, 7) is 0. The smallest absolute Gasteiger partial charge is 0.148 e. The first-order valence-corrected chi connectivity index (χ1v) is 6.41. The Bertz CT molecular complexity index is 848. The number of benzene rings is 1. The van der Waals surface area contributed by atoms with E-state index in [0.29, 0.717) is 23.5 Å². The molecule has 2 aromatic heterocycles. The van der Waals surface area contributed by atoms with Gasteiger partial charge in [-0.25, -0.2) is 9.37 Å². The maximum absolute atomic E-state index is 13.3. The lowest BCUT2D eigenvalue weighted by atomic mass is 10.1. The summed E-state index contributed by atoms with van der Waals surface area (Å²) in [5.74, 6) is 0.338. The number of hydrogen-bond acceptors (Lipinski definition) is 3. The van der Waals surface area contributed by atoms with E-state index in [2.05, 4.69) is 11.1 Å². The summed E-state index contributed by atoms with van der Waals surface area (Å²) < 4.78 is 20.1. The van der Waals surface area contributed by atoms with Gasteiger partial charge in [0, 0.05) is 18.2 Å². The van der Waals surface area contributed by atoms with Crippen molar-refractivity contribution in [2.24, 2.45) is 0 Å². The van der Waals surface area contributed by atoms with Crippen LogP contribution in [0.2, 0.25) is 0 Å². The van der Waals surface area contributed by atoms with Crippen molar-refractivity contribution in [3.8, 4) is 11.8 Å². The minimum atomic E-state index is -0.403. The Morgan fingerprint density at radius 1 is 1.29 bits per heavy atom. The summed E-state index contributed by atoms with van der Waals surface area (Å²) in [4.78, 5) is 4.41. The maximum atomic E-state index is 13.3. The van der Waals surface area contributed by atoms with Gasteiger partial charge in [-0.1, -0.05) is 18.2 Å². The number of imidazole rings is 1. The number of methoxy groups -OCH3 is 1. The van der Waals surface area contributed by atoms with Crippen LogP contribution in [0.15, 0.2) is 42.6 Å². The van der Waals surface area contributed by atoms with Gasteiger partial charge in [0.2, 0.25) is 0 Å². The second-order valence-corrected chi connectivity index (χ2v) is 4.58. The molecule has 0 aliphatic rings. The molecule has 0 saturated heterocycles. The van der Waals surface area contributed by atoms with Crippen LogP contribution in [0.1, 0.15) is 17.0 Å². The second-order valence-electron chi connectivity index (χ2n) is 4.58. The van der Waals surface area contributed by atoms with E-state index in [9.17, 15) is 9.65 Å². The van der Waals surface area contributed by atoms with Gasteiger partial charge >= 0.3 is 0 Å². The zero-order chi connectivity index (χ0) is 14.8. The van der Waals surface area contributed by atoms with Crippen molar-refractivity contribution in [2.75, 3.05) is 7.11 Å². The van der Waals surface area contributed by atoms with Crippen LogP contribution in [0.4, 0.5) is 4.39 Å². The summed E-state index contributed by atoms with van der Waals surface area (Å²) in [6, 6.07) is 12.5. The molecule has 3 rings (SSSR count). The van der Waals surface area contributed by atoms with Crippen LogP contribution in [0.25, 0.3) is 5.65 Å². The average molecular weight is 281 g/mol. The van der Waals surface area contributed by atoms with E-state index in [-0.39, 0.29) is 0 Å². The van der Waals surface area contributed by atoms with Crippen molar-refractivity contribution < 1.29 is 9.13 Å². The molecule has 1 aromatic carbocycles. The Balaban J connectivity index is 2.11. The lowest BCUT2D eigenvalue weighted by molar-refractivity contribution is 0.410. The zero-order valence-corrected chi connectivity index (χ0v) is 11.4. The molecular formula is C16H12FN3O. The largest absolute Gasteiger partial charge is 0.496 e. The van der Waals surface area contributed by atoms with E-state index < -0.39 is 5.82 Å². The van der Waals surface area contributed by atoms with E-state index in [1.807, 2.05) is 24.3 Å². The zero-order valence-electron chi connectivity index (χ0n) is 11.4. The molecule has 0 amide bonds. The van der Waals surface area contributed by atoms with Crippen molar-refractivity contribution in [2.45, 2.75) is 6.42 Å². The summed E-state index contributed by atoms with van der Waals surface area (Å²) >= 11 is 0. The lowest BCUT2D eigenvalue weighted by Crippen LogP contribution is -1.97. The highest BCUT2D eigenvalue weighted by molar-refractivity contribution is 5.49. The molecule has 2 heterocycles. The van der Waals surface area contributed by atoms with E-state index in [4.69, 9.17) is 4.74 Å². The van der Waals surface area contributed by atoms with Gasteiger partial charge in [-0.2, -0.15) is 5.26 Å². The molecule has 3 aromatic rings. The number of pyridine rings is 1. The summed E-state index contributed by atoms with van der Waals surface area (Å²) in [6.07, 6.45) is 1.73. The van der Waals surface area contributed by atoms with Gasteiger partial charge in [-0.15, -0.1) is 0 Å². The average Bonchev–Trinajstić information content (AvgIpc) is 2.84. The van der Waals surface area contributed by atoms with Crippen molar-refractivity contribution in [1.29, 1.82) is 5.26 Å². The molecule has 0 aliphatic heterocycles. The molecule has 0 bridgehead atoms. The quantitative estimate of drug-likeness (QED) is 0.741. The predicted molar refractivity (Wildman–Crippen MR) is 75.7 cm³/mol. The van der Waals surface area contributed by atoms with E-state index in [0.717, 1.165) is 11.3 Å². The molecule has 0 spiro atoms. The topological polar surface area (TPSA) is 50.3 Å². The lowest BCUT2D eigenvalue weighted by Gasteiger charge is -2.06. The number of halogens is 1. The van der Waals surface area contributed by atoms with Gasteiger partial charge in [-0.3, -0.25) is 4.40 Å². The van der Waals surface area contributed by atoms with Crippen LogP contribution in [-0.4, -0.2) is 16.5 Å². The van der Waals surface area contributed by atoms with Gasteiger partial charge in [0.05, 0.1) is 12.8 Å². The van der Waals surface area contributed by atoms with Gasteiger partial charge in [-0.05, 0) is 18.2 Å². The molecule has 0 saturated carbocycles. The number of fused-ring (bicyclic) bond motifs is 1. The van der Waals surface area contributed by atoms with Crippen LogP contribution in [0.5, 0.6) is 5.75 Å². The molecular weight excluding hydrogens is 269 g/mol. The monoisotopic (exact) mass is 281 g/mol. The van der Waals surface area contributed by atoms with E-state index >= 15 is 0 Å². The van der Waals surface area contributed by atoms with Gasteiger partial charge in [0.15, 0.2) is 0 Å².